The maximum Gasteiger partial charge on any atom is 0.306 e. The molecular formula is C16H15ClN4O3. The predicted octanol–water partition coefficient (Wildman–Crippen LogP) is 2.03. The van der Waals surface area contributed by atoms with Gasteiger partial charge in [0.1, 0.15) is 5.69 Å². The number of benzene rings is 1. The third-order valence-corrected chi connectivity index (χ3v) is 3.77. The minimum absolute atomic E-state index is 0.0917. The lowest BCUT2D eigenvalue weighted by atomic mass is 10.2. The predicted molar refractivity (Wildman–Crippen MR) is 90.0 cm³/mol. The van der Waals surface area contributed by atoms with Crippen LogP contribution in [0.25, 0.3) is 22.2 Å². The first-order valence-corrected chi connectivity index (χ1v) is 7.86. The largest absolute Gasteiger partial charge is 0.466 e. The highest BCUT2D eigenvalue weighted by Gasteiger charge is 2.14. The van der Waals surface area contributed by atoms with E-state index >= 15 is 0 Å². The van der Waals surface area contributed by atoms with Crippen LogP contribution in [0.5, 0.6) is 0 Å². The first-order valence-electron chi connectivity index (χ1n) is 7.48. The molecule has 0 unspecified atom stereocenters. The molecule has 0 aliphatic rings. The minimum atomic E-state index is -0.363. The first kappa shape index (κ1) is 16.3. The van der Waals surface area contributed by atoms with E-state index in [2.05, 4.69) is 15.1 Å². The lowest BCUT2D eigenvalue weighted by Crippen LogP contribution is -2.21. The molecule has 3 rings (SSSR count). The summed E-state index contributed by atoms with van der Waals surface area (Å²) in [5.74, 6) is -0.363. The summed E-state index contributed by atoms with van der Waals surface area (Å²) in [6, 6.07) is 5.11. The quantitative estimate of drug-likeness (QED) is 0.530. The summed E-state index contributed by atoms with van der Waals surface area (Å²) >= 11 is 5.97. The number of ether oxygens (including phenoxy) is 1. The molecule has 0 saturated heterocycles. The topological polar surface area (TPSA) is 87.0 Å². The zero-order valence-corrected chi connectivity index (χ0v) is 14.0. The van der Waals surface area contributed by atoms with E-state index in [9.17, 15) is 9.59 Å². The Morgan fingerprint density at radius 3 is 2.83 bits per heavy atom. The smallest absolute Gasteiger partial charge is 0.306 e. The van der Waals surface area contributed by atoms with Crippen LogP contribution in [-0.2, 0) is 23.0 Å². The van der Waals surface area contributed by atoms with Gasteiger partial charge in [-0.05, 0) is 25.1 Å². The third kappa shape index (κ3) is 3.07. The summed E-state index contributed by atoms with van der Waals surface area (Å²) in [4.78, 5) is 32.9. The second kappa shape index (κ2) is 6.52. The van der Waals surface area contributed by atoms with Gasteiger partial charge < -0.3 is 4.74 Å². The van der Waals surface area contributed by atoms with E-state index < -0.39 is 0 Å². The Labute approximate surface area is 142 Å². The summed E-state index contributed by atoms with van der Waals surface area (Å²) in [6.07, 6.45) is 0.283. The Balaban J connectivity index is 2.09. The Hall–Kier alpha value is -2.54. The number of esters is 1. The van der Waals surface area contributed by atoms with E-state index in [1.54, 1.807) is 32.2 Å². The van der Waals surface area contributed by atoms with Crippen LogP contribution in [0, 0.1) is 0 Å². The molecule has 0 aliphatic carbocycles. The van der Waals surface area contributed by atoms with Crippen molar-refractivity contribution in [1.29, 1.82) is 0 Å². The molecule has 0 bridgehead atoms. The highest BCUT2D eigenvalue weighted by molar-refractivity contribution is 6.31. The fourth-order valence-corrected chi connectivity index (χ4v) is 2.59. The monoisotopic (exact) mass is 346 g/mol. The zero-order valence-electron chi connectivity index (χ0n) is 13.2. The van der Waals surface area contributed by atoms with E-state index in [1.807, 2.05) is 0 Å². The number of nitrogens with zero attached hydrogens (tertiary/aromatic N) is 4. The molecule has 1 aromatic carbocycles. The van der Waals surface area contributed by atoms with Crippen molar-refractivity contribution in [3.05, 3.63) is 39.1 Å². The van der Waals surface area contributed by atoms with Crippen LogP contribution in [0.15, 0.2) is 23.0 Å². The first-order chi connectivity index (χ1) is 11.5. The van der Waals surface area contributed by atoms with Gasteiger partial charge in [0.15, 0.2) is 11.2 Å². The van der Waals surface area contributed by atoms with Gasteiger partial charge in [-0.25, -0.2) is 14.6 Å². The highest BCUT2D eigenvalue weighted by atomic mass is 35.5. The van der Waals surface area contributed by atoms with E-state index in [-0.39, 0.29) is 35.5 Å². The molecule has 0 aliphatic heterocycles. The average molecular weight is 347 g/mol. The number of aromatic nitrogens is 4. The van der Waals surface area contributed by atoms with Crippen LogP contribution in [0.1, 0.15) is 19.0 Å². The molecule has 0 saturated carbocycles. The zero-order chi connectivity index (χ0) is 17.3. The molecule has 2 aromatic heterocycles. The Bertz CT molecular complexity index is 1000. The molecule has 24 heavy (non-hydrogen) atoms. The Morgan fingerprint density at radius 2 is 2.08 bits per heavy atom. The maximum atomic E-state index is 12.6. The number of hydrogen-bond acceptors (Lipinski definition) is 6. The van der Waals surface area contributed by atoms with Crippen LogP contribution in [0.2, 0.25) is 5.02 Å². The molecule has 2 heterocycles. The number of carbonyl (C=O) groups excluding carboxylic acids is 1. The van der Waals surface area contributed by atoms with Crippen LogP contribution in [0.3, 0.4) is 0 Å². The standard InChI is InChI=1S/C16H15ClN4O3/c1-3-24-13(22)7-6-11-15(23)14-16(21(2)20-11)19-10-5-4-9(17)8-12(10)18-14/h4-5,8H,3,6-7H2,1-2H3. The lowest BCUT2D eigenvalue weighted by Gasteiger charge is -2.08. The maximum absolute atomic E-state index is 12.6. The van der Waals surface area contributed by atoms with Crippen molar-refractivity contribution in [1.82, 2.24) is 19.7 Å². The molecule has 0 spiro atoms. The summed E-state index contributed by atoms with van der Waals surface area (Å²) < 4.78 is 6.37. The Morgan fingerprint density at radius 1 is 1.29 bits per heavy atom. The van der Waals surface area contributed by atoms with Crippen molar-refractivity contribution in [2.75, 3.05) is 6.61 Å². The molecule has 7 nitrogen and oxygen atoms in total. The third-order valence-electron chi connectivity index (χ3n) is 3.53. The van der Waals surface area contributed by atoms with Gasteiger partial charge in [-0.3, -0.25) is 9.59 Å². The van der Waals surface area contributed by atoms with Crippen molar-refractivity contribution < 1.29 is 9.53 Å². The van der Waals surface area contributed by atoms with Crippen LogP contribution < -0.4 is 5.43 Å². The SMILES string of the molecule is CCOC(=O)CCc1nn(C)c2nc3ccc(Cl)cc3nc2c1=O. The van der Waals surface area contributed by atoms with Gasteiger partial charge in [-0.15, -0.1) is 0 Å². The van der Waals surface area contributed by atoms with Gasteiger partial charge in [0, 0.05) is 18.5 Å². The minimum Gasteiger partial charge on any atom is -0.466 e. The van der Waals surface area contributed by atoms with Crippen molar-refractivity contribution in [2.24, 2.45) is 7.05 Å². The molecule has 0 radical (unpaired) electrons. The lowest BCUT2D eigenvalue weighted by molar-refractivity contribution is -0.143. The van der Waals surface area contributed by atoms with Crippen molar-refractivity contribution in [2.45, 2.75) is 19.8 Å². The number of carbonyl (C=O) groups is 1. The van der Waals surface area contributed by atoms with Crippen LogP contribution in [0.4, 0.5) is 0 Å². The van der Waals surface area contributed by atoms with E-state index in [0.717, 1.165) is 0 Å². The number of fused-ring (bicyclic) bond motifs is 2. The molecular weight excluding hydrogens is 332 g/mol. The fraction of sp³-hybridized carbons (Fsp3) is 0.312. The average Bonchev–Trinajstić information content (AvgIpc) is 2.55. The second-order valence-corrected chi connectivity index (χ2v) is 5.67. The van der Waals surface area contributed by atoms with Gasteiger partial charge in [0.2, 0.25) is 5.43 Å². The van der Waals surface area contributed by atoms with Gasteiger partial charge in [-0.1, -0.05) is 11.6 Å². The van der Waals surface area contributed by atoms with Crippen molar-refractivity contribution in [3.63, 3.8) is 0 Å². The number of rotatable bonds is 4. The molecule has 3 aromatic rings. The van der Waals surface area contributed by atoms with Crippen LogP contribution in [-0.4, -0.2) is 32.3 Å². The normalized spacial score (nSPS) is 11.1. The van der Waals surface area contributed by atoms with E-state index in [1.165, 1.54) is 4.68 Å². The van der Waals surface area contributed by atoms with Gasteiger partial charge in [0.05, 0.1) is 24.1 Å². The molecule has 0 amide bonds. The molecule has 0 fully saturated rings. The molecule has 0 atom stereocenters. The summed E-state index contributed by atoms with van der Waals surface area (Å²) in [6.45, 7) is 2.04. The van der Waals surface area contributed by atoms with Crippen molar-refractivity contribution >= 4 is 39.8 Å². The summed E-state index contributed by atoms with van der Waals surface area (Å²) in [5, 5.41) is 4.74. The molecule has 0 N–H and O–H groups in total. The molecule has 124 valence electrons. The number of hydrogen-bond donors (Lipinski definition) is 0. The van der Waals surface area contributed by atoms with E-state index in [0.29, 0.717) is 28.3 Å². The second-order valence-electron chi connectivity index (χ2n) is 5.23. The fourth-order valence-electron chi connectivity index (χ4n) is 2.42. The summed E-state index contributed by atoms with van der Waals surface area (Å²) in [5.41, 5.74) is 1.68. The van der Waals surface area contributed by atoms with Gasteiger partial charge >= 0.3 is 5.97 Å². The highest BCUT2D eigenvalue weighted by Crippen LogP contribution is 2.18. The number of halogens is 1. The van der Waals surface area contributed by atoms with E-state index in [4.69, 9.17) is 16.3 Å². The number of aryl methyl sites for hydroxylation is 2. The molecule has 8 heteroatoms. The summed E-state index contributed by atoms with van der Waals surface area (Å²) in [7, 11) is 1.69. The Kier molecular flexibility index (Phi) is 4.44. The van der Waals surface area contributed by atoms with Gasteiger partial charge in [0.25, 0.3) is 0 Å². The van der Waals surface area contributed by atoms with Crippen LogP contribution >= 0.6 is 11.6 Å². The van der Waals surface area contributed by atoms with Crippen molar-refractivity contribution in [3.8, 4) is 0 Å². The van der Waals surface area contributed by atoms with Gasteiger partial charge in [-0.2, -0.15) is 5.10 Å².